The summed E-state index contributed by atoms with van der Waals surface area (Å²) in [6.45, 7) is 4.98. The van der Waals surface area contributed by atoms with Crippen molar-refractivity contribution in [3.05, 3.63) is 0 Å². The number of hydrogen-bond donors (Lipinski definition) is 1. The number of aliphatic hydroxyl groups is 1. The molecule has 0 rings (SSSR count). The highest BCUT2D eigenvalue weighted by Crippen LogP contribution is 1.83. The lowest BCUT2D eigenvalue weighted by atomic mass is 10.4. The molecule has 8 heavy (non-hydrogen) atoms. The molecule has 50 valence electrons. The summed E-state index contributed by atoms with van der Waals surface area (Å²) in [6, 6.07) is 0. The van der Waals surface area contributed by atoms with Crippen LogP contribution in [-0.4, -0.2) is 24.4 Å². The molecule has 0 aliphatic heterocycles. The Hall–Kier alpha value is -0.0800. The van der Waals surface area contributed by atoms with Gasteiger partial charge >= 0.3 is 0 Å². The normalized spacial score (nSPS) is 13.9. The van der Waals surface area contributed by atoms with Gasteiger partial charge in [-0.3, -0.25) is 0 Å². The van der Waals surface area contributed by atoms with Crippen molar-refractivity contribution in [1.82, 2.24) is 0 Å². The molecule has 0 unspecified atom stereocenters. The van der Waals surface area contributed by atoms with Crippen LogP contribution in [0.2, 0.25) is 0 Å². The quantitative estimate of drug-likeness (QED) is 0.553. The SMILES string of the molecule is CCCOC[C@H](C)O. The Morgan fingerprint density at radius 3 is 2.62 bits per heavy atom. The first-order valence-corrected chi connectivity index (χ1v) is 3.03. The zero-order valence-corrected chi connectivity index (χ0v) is 5.55. The molecule has 0 heterocycles. The van der Waals surface area contributed by atoms with Gasteiger partial charge in [0.25, 0.3) is 0 Å². The Kier molecular flexibility index (Phi) is 5.01. The molecule has 0 aromatic heterocycles. The third kappa shape index (κ3) is 5.92. The molecule has 1 atom stereocenters. The van der Waals surface area contributed by atoms with Gasteiger partial charge in [0.1, 0.15) is 0 Å². The maximum Gasteiger partial charge on any atom is 0.0745 e. The van der Waals surface area contributed by atoms with Crippen LogP contribution >= 0.6 is 0 Å². The molecular weight excluding hydrogens is 104 g/mol. The third-order valence-corrected chi connectivity index (χ3v) is 0.708. The third-order valence-electron chi connectivity index (χ3n) is 0.708. The van der Waals surface area contributed by atoms with Gasteiger partial charge in [0.15, 0.2) is 0 Å². The van der Waals surface area contributed by atoms with Crippen LogP contribution in [-0.2, 0) is 4.74 Å². The van der Waals surface area contributed by atoms with E-state index in [1.807, 2.05) is 6.92 Å². The van der Waals surface area contributed by atoms with E-state index < -0.39 is 0 Å². The van der Waals surface area contributed by atoms with E-state index in [2.05, 4.69) is 0 Å². The van der Waals surface area contributed by atoms with Crippen molar-refractivity contribution < 1.29 is 9.84 Å². The van der Waals surface area contributed by atoms with E-state index in [0.717, 1.165) is 13.0 Å². The van der Waals surface area contributed by atoms with Crippen LogP contribution < -0.4 is 0 Å². The number of aliphatic hydroxyl groups excluding tert-OH is 1. The average Bonchev–Trinajstić information content (AvgIpc) is 1.66. The van der Waals surface area contributed by atoms with Gasteiger partial charge in [-0.05, 0) is 13.3 Å². The summed E-state index contributed by atoms with van der Waals surface area (Å²) in [7, 11) is 0. The number of ether oxygens (including phenoxy) is 1. The number of rotatable bonds is 4. The number of hydrogen-bond acceptors (Lipinski definition) is 2. The van der Waals surface area contributed by atoms with Crippen molar-refractivity contribution in [3.8, 4) is 0 Å². The fraction of sp³-hybridized carbons (Fsp3) is 1.00. The molecule has 0 fully saturated rings. The van der Waals surface area contributed by atoms with E-state index in [1.54, 1.807) is 6.92 Å². The monoisotopic (exact) mass is 118 g/mol. The Balaban J connectivity index is 2.72. The highest BCUT2D eigenvalue weighted by molar-refractivity contribution is 4.39. The van der Waals surface area contributed by atoms with Crippen LogP contribution in [0.5, 0.6) is 0 Å². The Morgan fingerprint density at radius 2 is 2.25 bits per heavy atom. The average molecular weight is 118 g/mol. The molecule has 0 amide bonds. The van der Waals surface area contributed by atoms with Crippen molar-refractivity contribution in [3.63, 3.8) is 0 Å². The Labute approximate surface area is 50.5 Å². The fourth-order valence-corrected chi connectivity index (χ4v) is 0.398. The molecule has 0 bridgehead atoms. The first kappa shape index (κ1) is 7.92. The first-order chi connectivity index (χ1) is 3.77. The predicted octanol–water partition coefficient (Wildman–Crippen LogP) is 0.794. The van der Waals surface area contributed by atoms with Crippen molar-refractivity contribution >= 4 is 0 Å². The van der Waals surface area contributed by atoms with Gasteiger partial charge in [0, 0.05) is 6.61 Å². The van der Waals surface area contributed by atoms with E-state index in [0.29, 0.717) is 6.61 Å². The standard InChI is InChI=1S/C6H14O2/c1-3-4-8-5-6(2)7/h6-7H,3-5H2,1-2H3/t6-/m0/s1. The van der Waals surface area contributed by atoms with Crippen LogP contribution in [0.3, 0.4) is 0 Å². The highest BCUT2D eigenvalue weighted by atomic mass is 16.5. The van der Waals surface area contributed by atoms with Crippen LogP contribution in [0.15, 0.2) is 0 Å². The summed E-state index contributed by atoms with van der Waals surface area (Å²) >= 11 is 0. The predicted molar refractivity (Wildman–Crippen MR) is 32.8 cm³/mol. The first-order valence-electron chi connectivity index (χ1n) is 3.03. The van der Waals surface area contributed by atoms with Crippen LogP contribution in [0.25, 0.3) is 0 Å². The smallest absolute Gasteiger partial charge is 0.0745 e. The van der Waals surface area contributed by atoms with Gasteiger partial charge in [-0.2, -0.15) is 0 Å². The molecule has 2 heteroatoms. The molecule has 0 spiro atoms. The van der Waals surface area contributed by atoms with Crippen molar-refractivity contribution in [1.29, 1.82) is 0 Å². The summed E-state index contributed by atoms with van der Waals surface area (Å²) < 4.78 is 4.99. The largest absolute Gasteiger partial charge is 0.391 e. The van der Waals surface area contributed by atoms with Crippen molar-refractivity contribution in [2.75, 3.05) is 13.2 Å². The minimum absolute atomic E-state index is 0.318. The molecule has 0 aromatic rings. The molecule has 0 saturated carbocycles. The Bertz CT molecular complexity index is 43.8. The summed E-state index contributed by atoms with van der Waals surface area (Å²) in [5.41, 5.74) is 0. The minimum Gasteiger partial charge on any atom is -0.391 e. The molecule has 0 aliphatic carbocycles. The maximum absolute atomic E-state index is 8.65. The lowest BCUT2D eigenvalue weighted by Gasteiger charge is -2.02. The van der Waals surface area contributed by atoms with Gasteiger partial charge in [-0.1, -0.05) is 6.92 Å². The van der Waals surface area contributed by atoms with Crippen LogP contribution in [0.4, 0.5) is 0 Å². The summed E-state index contributed by atoms with van der Waals surface area (Å²) in [6.07, 6.45) is 0.703. The van der Waals surface area contributed by atoms with Crippen LogP contribution in [0.1, 0.15) is 20.3 Å². The second kappa shape index (κ2) is 5.06. The Morgan fingerprint density at radius 1 is 1.62 bits per heavy atom. The molecular formula is C6H14O2. The highest BCUT2D eigenvalue weighted by Gasteiger charge is 1.91. The molecule has 0 saturated heterocycles. The lowest BCUT2D eigenvalue weighted by Crippen LogP contribution is -2.10. The lowest BCUT2D eigenvalue weighted by molar-refractivity contribution is 0.0466. The van der Waals surface area contributed by atoms with E-state index in [1.165, 1.54) is 0 Å². The topological polar surface area (TPSA) is 29.5 Å². The second-order valence-electron chi connectivity index (χ2n) is 1.92. The van der Waals surface area contributed by atoms with Crippen molar-refractivity contribution in [2.45, 2.75) is 26.4 Å². The van der Waals surface area contributed by atoms with Gasteiger partial charge < -0.3 is 9.84 Å². The van der Waals surface area contributed by atoms with Gasteiger partial charge in [0.2, 0.25) is 0 Å². The summed E-state index contributed by atoms with van der Waals surface area (Å²) in [4.78, 5) is 0. The summed E-state index contributed by atoms with van der Waals surface area (Å²) in [5, 5.41) is 8.65. The van der Waals surface area contributed by atoms with E-state index in [4.69, 9.17) is 9.84 Å². The van der Waals surface area contributed by atoms with Gasteiger partial charge in [-0.25, -0.2) is 0 Å². The van der Waals surface area contributed by atoms with E-state index in [-0.39, 0.29) is 6.10 Å². The molecule has 2 nitrogen and oxygen atoms in total. The fourth-order valence-electron chi connectivity index (χ4n) is 0.398. The molecule has 0 aliphatic rings. The maximum atomic E-state index is 8.65. The second-order valence-corrected chi connectivity index (χ2v) is 1.92. The minimum atomic E-state index is -0.318. The zero-order chi connectivity index (χ0) is 6.41. The van der Waals surface area contributed by atoms with Gasteiger partial charge in [-0.15, -0.1) is 0 Å². The molecule has 0 radical (unpaired) electrons. The molecule has 0 aromatic carbocycles. The summed E-state index contributed by atoms with van der Waals surface area (Å²) in [5.74, 6) is 0. The molecule has 1 N–H and O–H groups in total. The zero-order valence-electron chi connectivity index (χ0n) is 5.55. The van der Waals surface area contributed by atoms with Crippen molar-refractivity contribution in [2.24, 2.45) is 0 Å². The van der Waals surface area contributed by atoms with E-state index >= 15 is 0 Å². The van der Waals surface area contributed by atoms with Gasteiger partial charge in [0.05, 0.1) is 12.7 Å². The van der Waals surface area contributed by atoms with E-state index in [9.17, 15) is 0 Å². The van der Waals surface area contributed by atoms with Crippen LogP contribution in [0, 0.1) is 0 Å².